The maximum absolute atomic E-state index is 12.6. The first-order valence-electron chi connectivity index (χ1n) is 9.23. The van der Waals surface area contributed by atoms with Gasteiger partial charge in [-0.15, -0.1) is 0 Å². The second-order valence-corrected chi connectivity index (χ2v) is 7.09. The molecule has 0 saturated heterocycles. The summed E-state index contributed by atoms with van der Waals surface area (Å²) >= 11 is 0. The van der Waals surface area contributed by atoms with Gasteiger partial charge in [-0.05, 0) is 48.9 Å². The van der Waals surface area contributed by atoms with Gasteiger partial charge in [-0.2, -0.15) is 0 Å². The van der Waals surface area contributed by atoms with Crippen molar-refractivity contribution in [2.75, 3.05) is 21.0 Å². The van der Waals surface area contributed by atoms with Gasteiger partial charge in [-0.1, -0.05) is 6.08 Å². The maximum atomic E-state index is 12.6. The van der Waals surface area contributed by atoms with Crippen LogP contribution >= 0.6 is 0 Å². The number of hydrogen-bond acceptors (Lipinski definition) is 7. The predicted molar refractivity (Wildman–Crippen MR) is 99.1 cm³/mol. The molecule has 28 heavy (non-hydrogen) atoms. The molecule has 1 aromatic rings. The molecule has 0 radical (unpaired) electrons. The summed E-state index contributed by atoms with van der Waals surface area (Å²) in [4.78, 5) is 35.7. The first-order valence-corrected chi connectivity index (χ1v) is 9.23. The third-order valence-electron chi connectivity index (χ3n) is 5.40. The van der Waals surface area contributed by atoms with Gasteiger partial charge in [0, 0.05) is 18.9 Å². The van der Waals surface area contributed by atoms with Crippen LogP contribution in [0.4, 0.5) is 0 Å². The van der Waals surface area contributed by atoms with Gasteiger partial charge in [0.15, 0.2) is 11.5 Å². The molecule has 0 N–H and O–H groups in total. The molecule has 0 unspecified atom stereocenters. The molecule has 0 atom stereocenters. The molecule has 1 aliphatic heterocycles. The van der Waals surface area contributed by atoms with Crippen LogP contribution in [0.25, 0.3) is 0 Å². The van der Waals surface area contributed by atoms with Gasteiger partial charge in [-0.3, -0.25) is 9.59 Å². The molecule has 1 aromatic carbocycles. The monoisotopic (exact) mass is 388 g/mol. The molecule has 3 rings (SSSR count). The fourth-order valence-corrected chi connectivity index (χ4v) is 3.77. The lowest BCUT2D eigenvalue weighted by atomic mass is 9.69. The average molecular weight is 388 g/mol. The normalized spacial score (nSPS) is 17.6. The van der Waals surface area contributed by atoms with Crippen LogP contribution in [0, 0.1) is 5.41 Å². The molecular weight excluding hydrogens is 364 g/mol. The van der Waals surface area contributed by atoms with Crippen molar-refractivity contribution in [1.82, 2.24) is 0 Å². The van der Waals surface area contributed by atoms with E-state index in [9.17, 15) is 14.4 Å². The molecule has 7 nitrogen and oxygen atoms in total. The third kappa shape index (κ3) is 4.18. The Bertz CT molecular complexity index is 799. The van der Waals surface area contributed by atoms with Crippen molar-refractivity contribution in [3.8, 4) is 11.5 Å². The van der Waals surface area contributed by atoms with E-state index in [2.05, 4.69) is 4.74 Å². The Balaban J connectivity index is 1.92. The number of rotatable bonds is 6. The SMILES string of the molecule is COC(=O)/C=C/Cc1cc2c(cc1CC1(C(=O)OC)CCC(=O)CC1)OCO2. The lowest BCUT2D eigenvalue weighted by molar-refractivity contribution is -0.155. The van der Waals surface area contributed by atoms with Crippen LogP contribution < -0.4 is 9.47 Å². The lowest BCUT2D eigenvalue weighted by Crippen LogP contribution is -2.38. The van der Waals surface area contributed by atoms with Gasteiger partial charge in [0.1, 0.15) is 5.78 Å². The van der Waals surface area contributed by atoms with Gasteiger partial charge in [0.2, 0.25) is 6.79 Å². The van der Waals surface area contributed by atoms with Crippen molar-refractivity contribution in [2.24, 2.45) is 5.41 Å². The lowest BCUT2D eigenvalue weighted by Gasteiger charge is -2.34. The Morgan fingerprint density at radius 2 is 1.71 bits per heavy atom. The molecular formula is C21H24O7. The number of carbonyl (C=O) groups is 3. The highest BCUT2D eigenvalue weighted by molar-refractivity contribution is 5.85. The number of allylic oxidation sites excluding steroid dienone is 1. The smallest absolute Gasteiger partial charge is 0.330 e. The maximum Gasteiger partial charge on any atom is 0.330 e. The van der Waals surface area contributed by atoms with E-state index in [-0.39, 0.29) is 18.5 Å². The van der Waals surface area contributed by atoms with E-state index < -0.39 is 11.4 Å². The average Bonchev–Trinajstić information content (AvgIpc) is 3.16. The molecule has 0 bridgehead atoms. The summed E-state index contributed by atoms with van der Waals surface area (Å²) in [7, 11) is 2.70. The minimum Gasteiger partial charge on any atom is -0.469 e. The summed E-state index contributed by atoms with van der Waals surface area (Å²) in [5, 5.41) is 0. The summed E-state index contributed by atoms with van der Waals surface area (Å²) in [6, 6.07) is 3.75. The molecule has 1 fully saturated rings. The second-order valence-electron chi connectivity index (χ2n) is 7.09. The zero-order valence-corrected chi connectivity index (χ0v) is 16.1. The molecule has 2 aliphatic rings. The largest absolute Gasteiger partial charge is 0.469 e. The first-order chi connectivity index (χ1) is 13.5. The number of benzene rings is 1. The van der Waals surface area contributed by atoms with E-state index in [0.29, 0.717) is 50.0 Å². The Morgan fingerprint density at radius 1 is 1.07 bits per heavy atom. The van der Waals surface area contributed by atoms with Crippen LogP contribution in [-0.4, -0.2) is 38.7 Å². The number of esters is 2. The highest BCUT2D eigenvalue weighted by atomic mass is 16.7. The predicted octanol–water partition coefficient (Wildman–Crippen LogP) is 2.53. The summed E-state index contributed by atoms with van der Waals surface area (Å²) in [5.74, 6) is 0.707. The Hall–Kier alpha value is -2.83. The van der Waals surface area contributed by atoms with E-state index in [1.165, 1.54) is 20.3 Å². The zero-order chi connectivity index (χ0) is 20.1. The summed E-state index contributed by atoms with van der Waals surface area (Å²) in [6.45, 7) is 0.146. The molecule has 1 aliphatic carbocycles. The Kier molecular flexibility index (Phi) is 6.02. The highest BCUT2D eigenvalue weighted by Crippen LogP contribution is 2.43. The van der Waals surface area contributed by atoms with E-state index >= 15 is 0 Å². The molecule has 150 valence electrons. The molecule has 0 aromatic heterocycles. The van der Waals surface area contributed by atoms with E-state index in [0.717, 1.165) is 11.1 Å². The molecule has 1 heterocycles. The van der Waals surface area contributed by atoms with E-state index in [4.69, 9.17) is 14.2 Å². The number of methoxy groups -OCH3 is 2. The van der Waals surface area contributed by atoms with Gasteiger partial charge in [0.05, 0.1) is 19.6 Å². The summed E-state index contributed by atoms with van der Waals surface area (Å²) in [6.07, 6.45) is 5.65. The van der Waals surface area contributed by atoms with Crippen molar-refractivity contribution >= 4 is 17.7 Å². The number of ether oxygens (including phenoxy) is 4. The van der Waals surface area contributed by atoms with Crippen LogP contribution in [-0.2, 0) is 36.7 Å². The van der Waals surface area contributed by atoms with Gasteiger partial charge in [-0.25, -0.2) is 4.79 Å². The highest BCUT2D eigenvalue weighted by Gasteiger charge is 2.43. The van der Waals surface area contributed by atoms with Gasteiger partial charge in [0.25, 0.3) is 0 Å². The zero-order valence-electron chi connectivity index (χ0n) is 16.1. The summed E-state index contributed by atoms with van der Waals surface area (Å²) in [5.41, 5.74) is 1.10. The number of ketones is 1. The van der Waals surface area contributed by atoms with Crippen molar-refractivity contribution < 1.29 is 33.3 Å². The fourth-order valence-electron chi connectivity index (χ4n) is 3.77. The molecule has 1 saturated carbocycles. The van der Waals surface area contributed by atoms with Crippen molar-refractivity contribution in [3.63, 3.8) is 0 Å². The number of hydrogen-bond donors (Lipinski definition) is 0. The van der Waals surface area contributed by atoms with Gasteiger partial charge >= 0.3 is 11.9 Å². The minimum atomic E-state index is -0.739. The number of Topliss-reactive ketones (excluding diaryl/α,β-unsaturated/α-hetero) is 1. The fraction of sp³-hybridized carbons (Fsp3) is 0.476. The third-order valence-corrected chi connectivity index (χ3v) is 5.40. The van der Waals surface area contributed by atoms with Gasteiger partial charge < -0.3 is 18.9 Å². The molecule has 7 heteroatoms. The molecule has 0 spiro atoms. The Labute approximate surface area is 163 Å². The molecule has 0 amide bonds. The topological polar surface area (TPSA) is 88.1 Å². The minimum absolute atomic E-state index is 0.146. The quantitative estimate of drug-likeness (QED) is 0.546. The van der Waals surface area contributed by atoms with Crippen LogP contribution in [0.15, 0.2) is 24.3 Å². The van der Waals surface area contributed by atoms with Crippen LogP contribution in [0.2, 0.25) is 0 Å². The van der Waals surface area contributed by atoms with Crippen molar-refractivity contribution in [1.29, 1.82) is 0 Å². The summed E-state index contributed by atoms with van der Waals surface area (Å²) < 4.78 is 20.7. The Morgan fingerprint density at radius 3 is 2.32 bits per heavy atom. The van der Waals surface area contributed by atoms with Crippen LogP contribution in [0.5, 0.6) is 11.5 Å². The van der Waals surface area contributed by atoms with Crippen molar-refractivity contribution in [3.05, 3.63) is 35.4 Å². The van der Waals surface area contributed by atoms with E-state index in [1.54, 1.807) is 6.08 Å². The standard InChI is InChI=1S/C21H24O7/c1-25-19(23)5-3-4-14-10-17-18(28-13-27-17)11-15(14)12-21(20(24)26-2)8-6-16(22)7-9-21/h3,5,10-11H,4,6-9,12-13H2,1-2H3/b5-3+. The van der Waals surface area contributed by atoms with Crippen molar-refractivity contribution in [2.45, 2.75) is 38.5 Å². The number of carbonyl (C=O) groups excluding carboxylic acids is 3. The second kappa shape index (κ2) is 8.46. The van der Waals surface area contributed by atoms with E-state index in [1.807, 2.05) is 12.1 Å². The van der Waals surface area contributed by atoms with Crippen LogP contribution in [0.1, 0.15) is 36.8 Å². The number of fused-ring (bicyclic) bond motifs is 1. The van der Waals surface area contributed by atoms with Crippen LogP contribution in [0.3, 0.4) is 0 Å². The first kappa shape index (κ1) is 19.9.